The van der Waals surface area contributed by atoms with E-state index < -0.39 is 5.97 Å². The molecule has 144 valence electrons. The van der Waals surface area contributed by atoms with Gasteiger partial charge in [-0.3, -0.25) is 9.69 Å². The average molecular weight is 376 g/mol. The highest BCUT2D eigenvalue weighted by atomic mass is 19.1. The van der Waals surface area contributed by atoms with E-state index >= 15 is 0 Å². The number of benzene rings is 1. The first-order chi connectivity index (χ1) is 13.0. The molecular formula is C19H21FN2O5. The molecule has 0 unspecified atom stereocenters. The van der Waals surface area contributed by atoms with Crippen LogP contribution in [0.5, 0.6) is 5.75 Å². The molecule has 0 N–H and O–H groups in total. The van der Waals surface area contributed by atoms with Gasteiger partial charge in [0.05, 0.1) is 13.7 Å². The molecule has 1 fully saturated rings. The lowest BCUT2D eigenvalue weighted by atomic mass is 10.2. The fourth-order valence-electron chi connectivity index (χ4n) is 2.86. The van der Waals surface area contributed by atoms with E-state index in [1.54, 1.807) is 12.1 Å². The molecule has 0 aliphatic carbocycles. The van der Waals surface area contributed by atoms with Crippen molar-refractivity contribution in [3.63, 3.8) is 0 Å². The first-order valence-corrected chi connectivity index (χ1v) is 8.59. The molecule has 3 rings (SSSR count). The number of ether oxygens (including phenoxy) is 2. The lowest BCUT2D eigenvalue weighted by molar-refractivity contribution is -0.142. The van der Waals surface area contributed by atoms with Gasteiger partial charge in [-0.1, -0.05) is 0 Å². The fourth-order valence-corrected chi connectivity index (χ4v) is 2.86. The summed E-state index contributed by atoms with van der Waals surface area (Å²) < 4.78 is 28.0. The Morgan fingerprint density at radius 3 is 2.52 bits per heavy atom. The summed E-state index contributed by atoms with van der Waals surface area (Å²) in [5, 5.41) is 0. The van der Waals surface area contributed by atoms with Crippen molar-refractivity contribution >= 4 is 11.7 Å². The number of esters is 1. The van der Waals surface area contributed by atoms with Crippen molar-refractivity contribution in [2.45, 2.75) is 6.54 Å². The topological polar surface area (TPSA) is 72.2 Å². The standard InChI is InChI=1S/C19H21FN2O5/c1-25-19(24)13-27-18-12-26-16(10-17(18)23)11-21-6-8-22(9-7-21)15-4-2-14(20)3-5-15/h2-5,10,12H,6-9,11,13H2,1H3. The minimum absolute atomic E-state index is 0.0229. The van der Waals surface area contributed by atoms with Crippen LogP contribution < -0.4 is 15.1 Å². The smallest absolute Gasteiger partial charge is 0.343 e. The summed E-state index contributed by atoms with van der Waals surface area (Å²) in [6, 6.07) is 7.84. The van der Waals surface area contributed by atoms with Crippen molar-refractivity contribution in [1.29, 1.82) is 0 Å². The van der Waals surface area contributed by atoms with Gasteiger partial charge in [-0.05, 0) is 24.3 Å². The Morgan fingerprint density at radius 1 is 1.19 bits per heavy atom. The van der Waals surface area contributed by atoms with Gasteiger partial charge >= 0.3 is 5.97 Å². The van der Waals surface area contributed by atoms with Gasteiger partial charge in [0.25, 0.3) is 0 Å². The Bertz CT molecular complexity index is 829. The van der Waals surface area contributed by atoms with Gasteiger partial charge in [0, 0.05) is 37.9 Å². The van der Waals surface area contributed by atoms with Crippen LogP contribution in [0, 0.1) is 5.82 Å². The summed E-state index contributed by atoms with van der Waals surface area (Å²) in [7, 11) is 1.24. The highest BCUT2D eigenvalue weighted by molar-refractivity contribution is 5.70. The second kappa shape index (κ2) is 8.68. The zero-order valence-corrected chi connectivity index (χ0v) is 15.0. The van der Waals surface area contributed by atoms with Gasteiger partial charge in [-0.15, -0.1) is 0 Å². The lowest BCUT2D eigenvalue weighted by Gasteiger charge is -2.35. The number of anilines is 1. The number of rotatable bonds is 6. The number of carbonyl (C=O) groups is 1. The highest BCUT2D eigenvalue weighted by Gasteiger charge is 2.18. The van der Waals surface area contributed by atoms with Crippen LogP contribution in [0.1, 0.15) is 5.76 Å². The fraction of sp³-hybridized carbons (Fsp3) is 0.368. The predicted octanol–water partition coefficient (Wildman–Crippen LogP) is 1.65. The number of hydrogen-bond donors (Lipinski definition) is 0. The first-order valence-electron chi connectivity index (χ1n) is 8.59. The van der Waals surface area contributed by atoms with Crippen LogP contribution in [0.4, 0.5) is 10.1 Å². The largest absolute Gasteiger partial charge is 0.475 e. The summed E-state index contributed by atoms with van der Waals surface area (Å²) in [5.41, 5.74) is 0.653. The molecule has 8 heteroatoms. The number of halogens is 1. The molecule has 0 bridgehead atoms. The summed E-state index contributed by atoms with van der Waals surface area (Å²) in [6.07, 6.45) is 1.22. The minimum atomic E-state index is -0.572. The summed E-state index contributed by atoms with van der Waals surface area (Å²) in [6.45, 7) is 3.35. The van der Waals surface area contributed by atoms with Crippen molar-refractivity contribution in [3.05, 3.63) is 58.4 Å². The summed E-state index contributed by atoms with van der Waals surface area (Å²) in [4.78, 5) is 27.5. The molecule has 1 aromatic carbocycles. The van der Waals surface area contributed by atoms with E-state index in [4.69, 9.17) is 9.15 Å². The second-order valence-electron chi connectivity index (χ2n) is 6.18. The molecule has 1 saturated heterocycles. The normalized spacial score (nSPS) is 14.8. The Balaban J connectivity index is 1.52. The van der Waals surface area contributed by atoms with Crippen molar-refractivity contribution in [2.24, 2.45) is 0 Å². The molecule has 2 aromatic rings. The maximum absolute atomic E-state index is 13.0. The molecule has 0 saturated carbocycles. The SMILES string of the molecule is COC(=O)COc1coc(CN2CCN(c3ccc(F)cc3)CC2)cc1=O. The van der Waals surface area contributed by atoms with Crippen LogP contribution in [-0.4, -0.2) is 50.8 Å². The lowest BCUT2D eigenvalue weighted by Crippen LogP contribution is -2.46. The number of piperazine rings is 1. The Labute approximate surface area is 155 Å². The van der Waals surface area contributed by atoms with Crippen LogP contribution in [0.15, 0.2) is 45.8 Å². The molecule has 7 nitrogen and oxygen atoms in total. The minimum Gasteiger partial charge on any atom is -0.475 e. The molecule has 0 radical (unpaired) electrons. The van der Waals surface area contributed by atoms with Crippen molar-refractivity contribution in [2.75, 3.05) is 44.8 Å². The van der Waals surface area contributed by atoms with Crippen LogP contribution in [-0.2, 0) is 16.1 Å². The van der Waals surface area contributed by atoms with E-state index in [9.17, 15) is 14.0 Å². The van der Waals surface area contributed by atoms with Crippen molar-refractivity contribution in [3.8, 4) is 5.75 Å². The molecule has 1 aliphatic heterocycles. The van der Waals surface area contributed by atoms with Gasteiger partial charge in [0.1, 0.15) is 17.8 Å². The number of methoxy groups -OCH3 is 1. The van der Waals surface area contributed by atoms with Gasteiger partial charge < -0.3 is 18.8 Å². The van der Waals surface area contributed by atoms with E-state index in [1.165, 1.54) is 31.6 Å². The maximum atomic E-state index is 13.0. The molecule has 0 amide bonds. The quantitative estimate of drug-likeness (QED) is 0.710. The molecule has 0 atom stereocenters. The summed E-state index contributed by atoms with van der Waals surface area (Å²) in [5.74, 6) is -0.310. The third-order valence-electron chi connectivity index (χ3n) is 4.37. The van der Waals surface area contributed by atoms with Gasteiger partial charge in [-0.25, -0.2) is 9.18 Å². The van der Waals surface area contributed by atoms with E-state index in [0.29, 0.717) is 12.3 Å². The van der Waals surface area contributed by atoms with Gasteiger partial charge in [0.15, 0.2) is 6.61 Å². The number of nitrogens with zero attached hydrogens (tertiary/aromatic N) is 2. The van der Waals surface area contributed by atoms with E-state index in [2.05, 4.69) is 14.5 Å². The molecular weight excluding hydrogens is 355 g/mol. The van der Waals surface area contributed by atoms with Crippen molar-refractivity contribution < 1.29 is 23.1 Å². The molecule has 2 heterocycles. The predicted molar refractivity (Wildman–Crippen MR) is 96.4 cm³/mol. The first kappa shape index (κ1) is 18.9. The Hall–Kier alpha value is -2.87. The molecule has 1 aliphatic rings. The molecule has 1 aromatic heterocycles. The van der Waals surface area contributed by atoms with Crippen LogP contribution in [0.25, 0.3) is 0 Å². The molecule has 0 spiro atoms. The zero-order chi connectivity index (χ0) is 19.2. The van der Waals surface area contributed by atoms with Crippen LogP contribution >= 0.6 is 0 Å². The zero-order valence-electron chi connectivity index (χ0n) is 15.0. The maximum Gasteiger partial charge on any atom is 0.343 e. The third kappa shape index (κ3) is 5.07. The Kier molecular flexibility index (Phi) is 6.08. The highest BCUT2D eigenvalue weighted by Crippen LogP contribution is 2.18. The van der Waals surface area contributed by atoms with E-state index in [1.807, 2.05) is 0 Å². The Morgan fingerprint density at radius 2 is 1.89 bits per heavy atom. The van der Waals surface area contributed by atoms with Crippen LogP contribution in [0.2, 0.25) is 0 Å². The van der Waals surface area contributed by atoms with E-state index in [-0.39, 0.29) is 23.6 Å². The number of carbonyl (C=O) groups excluding carboxylic acids is 1. The monoisotopic (exact) mass is 376 g/mol. The van der Waals surface area contributed by atoms with Gasteiger partial charge in [0.2, 0.25) is 11.2 Å². The second-order valence-corrected chi connectivity index (χ2v) is 6.18. The van der Waals surface area contributed by atoms with Crippen molar-refractivity contribution in [1.82, 2.24) is 4.90 Å². The summed E-state index contributed by atoms with van der Waals surface area (Å²) >= 11 is 0. The molecule has 27 heavy (non-hydrogen) atoms. The average Bonchev–Trinajstić information content (AvgIpc) is 2.68. The van der Waals surface area contributed by atoms with E-state index in [0.717, 1.165) is 31.9 Å². The number of hydrogen-bond acceptors (Lipinski definition) is 7. The third-order valence-corrected chi connectivity index (χ3v) is 4.37. The van der Waals surface area contributed by atoms with Crippen LogP contribution in [0.3, 0.4) is 0 Å². The van der Waals surface area contributed by atoms with Gasteiger partial charge in [-0.2, -0.15) is 0 Å².